The maximum atomic E-state index is 12.7. The number of hydrogen-bond acceptors (Lipinski definition) is 2. The molecule has 2 heteroatoms. The van der Waals surface area contributed by atoms with E-state index in [1.54, 1.807) is 5.57 Å². The van der Waals surface area contributed by atoms with E-state index in [9.17, 15) is 4.79 Å². The predicted octanol–water partition coefficient (Wildman–Crippen LogP) is 12.5. The van der Waals surface area contributed by atoms with Crippen molar-refractivity contribution < 1.29 is 9.53 Å². The summed E-state index contributed by atoms with van der Waals surface area (Å²) < 4.78 is 6.09. The first kappa shape index (κ1) is 34.1. The molecular formula is C40H70O2. The molecule has 42 heavy (non-hydrogen) atoms. The van der Waals surface area contributed by atoms with Gasteiger partial charge in [0, 0.05) is 12.8 Å². The van der Waals surface area contributed by atoms with Crippen LogP contribution in [0.5, 0.6) is 0 Å². The second-order valence-corrected chi connectivity index (χ2v) is 15.9. The van der Waals surface area contributed by atoms with Gasteiger partial charge in [-0.15, -0.1) is 0 Å². The number of unbranched alkanes of at least 4 members (excludes halogenated alkanes) is 14. The van der Waals surface area contributed by atoms with Gasteiger partial charge in [-0.05, 0) is 92.3 Å². The smallest absolute Gasteiger partial charge is 0.306 e. The van der Waals surface area contributed by atoms with Gasteiger partial charge in [0.1, 0.15) is 6.10 Å². The van der Waals surface area contributed by atoms with Gasteiger partial charge < -0.3 is 4.74 Å². The number of hydrogen-bond donors (Lipinski definition) is 0. The lowest BCUT2D eigenvalue weighted by atomic mass is 9.47. The highest BCUT2D eigenvalue weighted by atomic mass is 16.5. The van der Waals surface area contributed by atoms with Gasteiger partial charge >= 0.3 is 5.97 Å². The molecular weight excluding hydrogens is 512 g/mol. The molecule has 0 aromatic heterocycles. The van der Waals surface area contributed by atoms with Crippen LogP contribution < -0.4 is 0 Å². The number of fused-ring (bicyclic) bond motifs is 5. The van der Waals surface area contributed by atoms with Crippen molar-refractivity contribution in [3.63, 3.8) is 0 Å². The summed E-state index contributed by atoms with van der Waals surface area (Å²) in [6.07, 6.45) is 37.0. The van der Waals surface area contributed by atoms with E-state index in [1.807, 2.05) is 0 Å². The maximum Gasteiger partial charge on any atom is 0.306 e. The number of carbonyl (C=O) groups excluding carboxylic acids is 1. The van der Waals surface area contributed by atoms with E-state index in [2.05, 4.69) is 33.8 Å². The largest absolute Gasteiger partial charge is 0.462 e. The molecule has 3 saturated carbocycles. The fraction of sp³-hybridized carbons (Fsp3) is 0.925. The van der Waals surface area contributed by atoms with Gasteiger partial charge in [0.2, 0.25) is 0 Å². The zero-order valence-electron chi connectivity index (χ0n) is 28.7. The van der Waals surface area contributed by atoms with Gasteiger partial charge in [-0.2, -0.15) is 0 Å². The molecule has 0 aliphatic heterocycles. The van der Waals surface area contributed by atoms with Gasteiger partial charge in [0.05, 0.1) is 0 Å². The first-order valence-electron chi connectivity index (χ1n) is 19.3. The van der Waals surface area contributed by atoms with Gasteiger partial charge in [0.25, 0.3) is 0 Å². The van der Waals surface area contributed by atoms with Crippen LogP contribution in [-0.2, 0) is 9.53 Å². The summed E-state index contributed by atoms with van der Waals surface area (Å²) >= 11 is 0. The topological polar surface area (TPSA) is 26.3 Å². The highest BCUT2D eigenvalue weighted by Crippen LogP contribution is 2.66. The average Bonchev–Trinajstić information content (AvgIpc) is 3.32. The van der Waals surface area contributed by atoms with E-state index >= 15 is 0 Å². The number of allylic oxidation sites excluding steroid dienone is 1. The summed E-state index contributed by atoms with van der Waals surface area (Å²) in [6, 6.07) is 0. The van der Waals surface area contributed by atoms with Crippen molar-refractivity contribution in [2.75, 3.05) is 0 Å². The quantitative estimate of drug-likeness (QED) is 0.0860. The van der Waals surface area contributed by atoms with Gasteiger partial charge in [-0.3, -0.25) is 4.79 Å². The number of rotatable bonds is 19. The molecule has 0 spiro atoms. The standard InChI is InChI=1S/C40H70O2/c1-5-7-9-11-13-14-15-16-18-20-22-38(41)42-34-27-29-40(4)33(31-34)23-25-35-36-26-24-32(21-19-17-12-10-8-6-2)39(36,3)30-28-37(35)40/h23,32,34-37H,5-22,24-31H2,1-4H3/t32?,34-,35?,36?,37?,39+,40-/m0/s1. The minimum absolute atomic E-state index is 0.0632. The monoisotopic (exact) mass is 583 g/mol. The summed E-state index contributed by atoms with van der Waals surface area (Å²) in [5.41, 5.74) is 2.59. The summed E-state index contributed by atoms with van der Waals surface area (Å²) in [4.78, 5) is 12.7. The molecule has 0 heterocycles. The fourth-order valence-corrected chi connectivity index (χ4v) is 10.5. The lowest BCUT2D eigenvalue weighted by molar-refractivity contribution is -0.151. The van der Waals surface area contributed by atoms with Crippen LogP contribution in [0.3, 0.4) is 0 Å². The van der Waals surface area contributed by atoms with E-state index in [-0.39, 0.29) is 12.1 Å². The van der Waals surface area contributed by atoms with Crippen LogP contribution in [0.1, 0.15) is 195 Å². The second kappa shape index (κ2) is 17.1. The van der Waals surface area contributed by atoms with E-state index in [0.717, 1.165) is 42.9 Å². The SMILES string of the molecule is CCCCCCCCCCCCC(=O)O[C@H]1CC[C@@]2(C)C(=CCC3C4CCC(CCCCCCCC)[C@@]4(C)CCC32)C1. The lowest BCUT2D eigenvalue weighted by Crippen LogP contribution is -2.50. The molecule has 4 rings (SSSR count). The van der Waals surface area contributed by atoms with Crippen molar-refractivity contribution in [3.8, 4) is 0 Å². The first-order chi connectivity index (χ1) is 20.4. The van der Waals surface area contributed by atoms with Crippen molar-refractivity contribution >= 4 is 5.97 Å². The maximum absolute atomic E-state index is 12.7. The number of ether oxygens (including phenoxy) is 1. The van der Waals surface area contributed by atoms with Gasteiger partial charge in [0.15, 0.2) is 0 Å². The Morgan fingerprint density at radius 2 is 1.36 bits per heavy atom. The first-order valence-corrected chi connectivity index (χ1v) is 19.3. The van der Waals surface area contributed by atoms with Gasteiger partial charge in [-0.1, -0.05) is 136 Å². The normalized spacial score (nSPS) is 33.9. The lowest BCUT2D eigenvalue weighted by Gasteiger charge is -2.58. The van der Waals surface area contributed by atoms with Crippen LogP contribution in [0.15, 0.2) is 11.6 Å². The molecule has 4 aliphatic rings. The zero-order chi connectivity index (χ0) is 29.8. The highest BCUT2D eigenvalue weighted by molar-refractivity contribution is 5.69. The van der Waals surface area contributed by atoms with Crippen LogP contribution in [0.4, 0.5) is 0 Å². The van der Waals surface area contributed by atoms with E-state index in [4.69, 9.17) is 4.74 Å². The summed E-state index contributed by atoms with van der Waals surface area (Å²) in [7, 11) is 0. The van der Waals surface area contributed by atoms with Crippen LogP contribution in [0, 0.1) is 34.5 Å². The van der Waals surface area contributed by atoms with Crippen molar-refractivity contribution in [1.29, 1.82) is 0 Å². The Kier molecular flexibility index (Phi) is 13.8. The number of esters is 1. The Hall–Kier alpha value is -0.790. The highest BCUT2D eigenvalue weighted by Gasteiger charge is 2.58. The summed E-state index contributed by atoms with van der Waals surface area (Å²) in [5, 5.41) is 0. The van der Waals surface area contributed by atoms with Gasteiger partial charge in [-0.25, -0.2) is 0 Å². The summed E-state index contributed by atoms with van der Waals surface area (Å²) in [6.45, 7) is 9.91. The van der Waals surface area contributed by atoms with E-state index in [1.165, 1.54) is 141 Å². The van der Waals surface area contributed by atoms with Crippen LogP contribution in [-0.4, -0.2) is 12.1 Å². The zero-order valence-corrected chi connectivity index (χ0v) is 28.7. The average molecular weight is 583 g/mol. The molecule has 2 nitrogen and oxygen atoms in total. The third kappa shape index (κ3) is 8.68. The molecule has 0 N–H and O–H groups in total. The molecule has 0 aromatic carbocycles. The Labute approximate surface area is 262 Å². The molecule has 3 fully saturated rings. The Morgan fingerprint density at radius 1 is 0.738 bits per heavy atom. The van der Waals surface area contributed by atoms with Crippen LogP contribution in [0.2, 0.25) is 0 Å². The molecule has 0 radical (unpaired) electrons. The Balaban J connectivity index is 1.18. The summed E-state index contributed by atoms with van der Waals surface area (Å²) in [5.74, 6) is 3.72. The molecule has 7 atom stereocenters. The van der Waals surface area contributed by atoms with Crippen molar-refractivity contribution in [1.82, 2.24) is 0 Å². The molecule has 4 aliphatic carbocycles. The molecule has 0 saturated heterocycles. The molecule has 4 unspecified atom stereocenters. The molecule has 0 amide bonds. The predicted molar refractivity (Wildman–Crippen MR) is 180 cm³/mol. The molecule has 0 aromatic rings. The molecule has 0 bridgehead atoms. The van der Waals surface area contributed by atoms with E-state index in [0.29, 0.717) is 17.3 Å². The molecule has 242 valence electrons. The fourth-order valence-electron chi connectivity index (χ4n) is 10.5. The van der Waals surface area contributed by atoms with Crippen LogP contribution >= 0.6 is 0 Å². The third-order valence-electron chi connectivity index (χ3n) is 13.2. The van der Waals surface area contributed by atoms with Crippen LogP contribution in [0.25, 0.3) is 0 Å². The van der Waals surface area contributed by atoms with Crippen molar-refractivity contribution in [2.45, 2.75) is 201 Å². The Morgan fingerprint density at radius 3 is 2.02 bits per heavy atom. The Bertz CT molecular complexity index is 829. The van der Waals surface area contributed by atoms with E-state index < -0.39 is 0 Å². The second-order valence-electron chi connectivity index (χ2n) is 15.9. The van der Waals surface area contributed by atoms with Crippen molar-refractivity contribution in [2.24, 2.45) is 34.5 Å². The minimum Gasteiger partial charge on any atom is -0.462 e. The number of carbonyl (C=O) groups is 1. The minimum atomic E-state index is 0.0632. The third-order valence-corrected chi connectivity index (χ3v) is 13.2. The van der Waals surface area contributed by atoms with Crippen molar-refractivity contribution in [3.05, 3.63) is 11.6 Å².